The van der Waals surface area contributed by atoms with Crippen LogP contribution in [0.15, 0.2) is 41.1 Å². The highest BCUT2D eigenvalue weighted by Gasteiger charge is 2.17. The number of likely N-dealkylation sites (N-methyl/N-ethyl adjacent to an activating group) is 1. The normalized spacial score (nSPS) is 13.1. The molecule has 0 aliphatic heterocycles. The number of thiophene rings is 1. The van der Waals surface area contributed by atoms with E-state index < -0.39 is 0 Å². The van der Waals surface area contributed by atoms with Crippen LogP contribution in [-0.4, -0.2) is 31.4 Å². The third kappa shape index (κ3) is 4.66. The Morgan fingerprint density at radius 1 is 1.17 bits per heavy atom. The van der Waals surface area contributed by atoms with Gasteiger partial charge in [0.1, 0.15) is 0 Å². The number of hydrogen-bond donors (Lipinski definition) is 1. The fourth-order valence-electron chi connectivity index (χ4n) is 2.48. The van der Waals surface area contributed by atoms with Crippen LogP contribution in [0.5, 0.6) is 0 Å². The number of nitrogens with zero attached hydrogens (tertiary/aromatic N) is 1. The predicted octanol–water partition coefficient (Wildman–Crippen LogP) is 4.08. The van der Waals surface area contributed by atoms with Gasteiger partial charge in [0.05, 0.1) is 6.04 Å². The molecule has 0 aliphatic carbocycles. The van der Waals surface area contributed by atoms with Gasteiger partial charge in [0, 0.05) is 12.1 Å². The van der Waals surface area contributed by atoms with Crippen molar-refractivity contribution in [3.05, 3.63) is 57.8 Å². The largest absolute Gasteiger partial charge is 0.350 e. The SMILES string of the molecule is CN(C)[C@H](CNC(=O)c1ccc(C(C)(C)C)cc1)c1ccsc1. The molecule has 0 aliphatic rings. The Hall–Kier alpha value is -1.65. The lowest BCUT2D eigenvalue weighted by molar-refractivity contribution is 0.0942. The van der Waals surface area contributed by atoms with E-state index in [2.05, 4.69) is 47.8 Å². The first kappa shape index (κ1) is 17.7. The molecular formula is C19H26N2OS. The number of hydrogen-bond acceptors (Lipinski definition) is 3. The molecule has 1 N–H and O–H groups in total. The van der Waals surface area contributed by atoms with Crippen LogP contribution in [0.1, 0.15) is 48.3 Å². The van der Waals surface area contributed by atoms with Crippen LogP contribution in [0.4, 0.5) is 0 Å². The topological polar surface area (TPSA) is 32.3 Å². The second-order valence-corrected chi connectivity index (χ2v) is 7.85. The molecule has 2 aromatic rings. The zero-order chi connectivity index (χ0) is 17.0. The molecule has 1 amide bonds. The number of rotatable bonds is 5. The number of carbonyl (C=O) groups is 1. The minimum Gasteiger partial charge on any atom is -0.350 e. The van der Waals surface area contributed by atoms with Gasteiger partial charge in [-0.05, 0) is 59.6 Å². The second-order valence-electron chi connectivity index (χ2n) is 7.07. The van der Waals surface area contributed by atoms with E-state index in [0.29, 0.717) is 12.1 Å². The average Bonchev–Trinajstić information content (AvgIpc) is 3.00. The maximum atomic E-state index is 12.4. The lowest BCUT2D eigenvalue weighted by Gasteiger charge is -2.24. The van der Waals surface area contributed by atoms with Crippen LogP contribution in [0, 0.1) is 0 Å². The summed E-state index contributed by atoms with van der Waals surface area (Å²) in [4.78, 5) is 14.5. The van der Waals surface area contributed by atoms with Crippen LogP contribution in [0.25, 0.3) is 0 Å². The summed E-state index contributed by atoms with van der Waals surface area (Å²) in [5.74, 6) is -0.0208. The third-order valence-electron chi connectivity index (χ3n) is 4.02. The summed E-state index contributed by atoms with van der Waals surface area (Å²) in [7, 11) is 4.07. The number of amides is 1. The van der Waals surface area contributed by atoms with Gasteiger partial charge in [-0.25, -0.2) is 0 Å². The highest BCUT2D eigenvalue weighted by molar-refractivity contribution is 7.07. The minimum atomic E-state index is -0.0208. The molecule has 0 unspecified atom stereocenters. The van der Waals surface area contributed by atoms with Crippen molar-refractivity contribution in [1.29, 1.82) is 0 Å². The molecule has 0 fully saturated rings. The maximum Gasteiger partial charge on any atom is 0.251 e. The van der Waals surface area contributed by atoms with Crippen LogP contribution < -0.4 is 5.32 Å². The maximum absolute atomic E-state index is 12.4. The summed E-state index contributed by atoms with van der Waals surface area (Å²) in [6, 6.07) is 10.2. The smallest absolute Gasteiger partial charge is 0.251 e. The lowest BCUT2D eigenvalue weighted by Crippen LogP contribution is -2.34. The van der Waals surface area contributed by atoms with Gasteiger partial charge in [-0.3, -0.25) is 4.79 Å². The highest BCUT2D eigenvalue weighted by Crippen LogP contribution is 2.23. The summed E-state index contributed by atoms with van der Waals surface area (Å²) in [6.45, 7) is 7.11. The van der Waals surface area contributed by atoms with Crippen molar-refractivity contribution in [2.24, 2.45) is 0 Å². The van der Waals surface area contributed by atoms with Crippen molar-refractivity contribution in [2.75, 3.05) is 20.6 Å². The van der Waals surface area contributed by atoms with Crippen molar-refractivity contribution in [1.82, 2.24) is 10.2 Å². The van der Waals surface area contributed by atoms with Crippen LogP contribution in [-0.2, 0) is 5.41 Å². The van der Waals surface area contributed by atoms with E-state index in [1.807, 2.05) is 38.4 Å². The first-order valence-corrected chi connectivity index (χ1v) is 8.80. The molecule has 4 heteroatoms. The molecular weight excluding hydrogens is 304 g/mol. The molecule has 0 radical (unpaired) electrons. The molecule has 1 heterocycles. The Morgan fingerprint density at radius 2 is 1.83 bits per heavy atom. The summed E-state index contributed by atoms with van der Waals surface area (Å²) < 4.78 is 0. The summed E-state index contributed by atoms with van der Waals surface area (Å²) in [5.41, 5.74) is 3.28. The molecule has 0 spiro atoms. The molecule has 0 saturated heterocycles. The molecule has 0 saturated carbocycles. The average molecular weight is 330 g/mol. The second kappa shape index (κ2) is 7.28. The standard InChI is InChI=1S/C19H26N2OS/c1-19(2,3)16-8-6-14(7-9-16)18(22)20-12-17(21(4)5)15-10-11-23-13-15/h6-11,13,17H,12H2,1-5H3,(H,20,22)/t17-/m1/s1. The van der Waals surface area contributed by atoms with Gasteiger partial charge in [-0.15, -0.1) is 0 Å². The third-order valence-corrected chi connectivity index (χ3v) is 4.72. The number of carbonyl (C=O) groups excluding carboxylic acids is 1. The molecule has 1 aromatic carbocycles. The van der Waals surface area contributed by atoms with Gasteiger partial charge in [-0.2, -0.15) is 11.3 Å². The van der Waals surface area contributed by atoms with Crippen LogP contribution in [0.2, 0.25) is 0 Å². The quantitative estimate of drug-likeness (QED) is 0.896. The van der Waals surface area contributed by atoms with Gasteiger partial charge >= 0.3 is 0 Å². The molecule has 1 atom stereocenters. The fourth-order valence-corrected chi connectivity index (χ4v) is 3.18. The van der Waals surface area contributed by atoms with Gasteiger partial charge < -0.3 is 10.2 Å². The van der Waals surface area contributed by atoms with E-state index >= 15 is 0 Å². The predicted molar refractivity (Wildman–Crippen MR) is 98.2 cm³/mol. The molecule has 1 aromatic heterocycles. The van der Waals surface area contributed by atoms with Gasteiger partial charge in [0.15, 0.2) is 0 Å². The monoisotopic (exact) mass is 330 g/mol. The van der Waals surface area contributed by atoms with Gasteiger partial charge in [0.25, 0.3) is 5.91 Å². The van der Waals surface area contributed by atoms with Gasteiger partial charge in [0.2, 0.25) is 0 Å². The lowest BCUT2D eigenvalue weighted by atomic mass is 9.87. The summed E-state index contributed by atoms with van der Waals surface area (Å²) >= 11 is 1.68. The Labute approximate surface area is 143 Å². The van der Waals surface area contributed by atoms with Crippen molar-refractivity contribution < 1.29 is 4.79 Å². The van der Waals surface area contributed by atoms with E-state index in [1.54, 1.807) is 11.3 Å². The molecule has 3 nitrogen and oxygen atoms in total. The Morgan fingerprint density at radius 3 is 2.30 bits per heavy atom. The molecule has 124 valence electrons. The highest BCUT2D eigenvalue weighted by atomic mass is 32.1. The van der Waals surface area contributed by atoms with E-state index in [9.17, 15) is 4.79 Å². The van der Waals surface area contributed by atoms with Crippen molar-refractivity contribution >= 4 is 17.2 Å². The van der Waals surface area contributed by atoms with E-state index in [-0.39, 0.29) is 17.4 Å². The van der Waals surface area contributed by atoms with Crippen molar-refractivity contribution in [3.63, 3.8) is 0 Å². The minimum absolute atomic E-state index is 0.0208. The van der Waals surface area contributed by atoms with Gasteiger partial charge in [-0.1, -0.05) is 32.9 Å². The zero-order valence-corrected chi connectivity index (χ0v) is 15.4. The van der Waals surface area contributed by atoms with Crippen LogP contribution >= 0.6 is 11.3 Å². The molecule has 23 heavy (non-hydrogen) atoms. The van der Waals surface area contributed by atoms with E-state index in [1.165, 1.54) is 11.1 Å². The Balaban J connectivity index is 2.01. The molecule has 2 rings (SSSR count). The summed E-state index contributed by atoms with van der Waals surface area (Å²) in [6.07, 6.45) is 0. The Bertz CT molecular complexity index is 624. The first-order chi connectivity index (χ1) is 10.8. The van der Waals surface area contributed by atoms with Crippen molar-refractivity contribution in [3.8, 4) is 0 Å². The molecule has 0 bridgehead atoms. The number of nitrogens with one attached hydrogen (secondary N) is 1. The van der Waals surface area contributed by atoms with E-state index in [0.717, 1.165) is 0 Å². The van der Waals surface area contributed by atoms with Crippen LogP contribution in [0.3, 0.4) is 0 Å². The van der Waals surface area contributed by atoms with E-state index in [4.69, 9.17) is 0 Å². The first-order valence-electron chi connectivity index (χ1n) is 7.86. The zero-order valence-electron chi connectivity index (χ0n) is 14.6. The number of benzene rings is 1. The fraction of sp³-hybridized carbons (Fsp3) is 0.421. The summed E-state index contributed by atoms with van der Waals surface area (Å²) in [5, 5.41) is 7.25. The Kier molecular flexibility index (Phi) is 5.60. The van der Waals surface area contributed by atoms with Crippen molar-refractivity contribution in [2.45, 2.75) is 32.2 Å².